The Bertz CT molecular complexity index is 1660. The molecule has 4 rings (SSSR count). The number of nitrogens with one attached hydrogen (secondary N) is 2. The van der Waals surface area contributed by atoms with E-state index in [2.05, 4.69) is 20.8 Å². The first kappa shape index (κ1) is 58.6. The number of ether oxygens (including phenoxy) is 6. The fourth-order valence-corrected chi connectivity index (χ4v) is 10.9. The van der Waals surface area contributed by atoms with Gasteiger partial charge in [0.15, 0.2) is 12.6 Å². The highest BCUT2D eigenvalue weighted by Crippen LogP contribution is 2.41. The van der Waals surface area contributed by atoms with Crippen molar-refractivity contribution in [1.29, 1.82) is 0 Å². The zero-order valence-corrected chi connectivity index (χ0v) is 44.1. The maximum atomic E-state index is 14.5. The van der Waals surface area contributed by atoms with Crippen molar-refractivity contribution in [3.63, 3.8) is 0 Å². The smallest absolute Gasteiger partial charge is 0.311 e. The second-order valence-electron chi connectivity index (χ2n) is 20.7. The average molecular weight is 988 g/mol. The third-order valence-electron chi connectivity index (χ3n) is 14.6. The summed E-state index contributed by atoms with van der Waals surface area (Å²) in [5.74, 6) is -4.02. The molecule has 19 heteroatoms. The molecule has 0 amide bonds. The number of methoxy groups -OCH3 is 1. The summed E-state index contributed by atoms with van der Waals surface area (Å²) in [4.78, 5) is 26.6. The number of cyclic esters (lactones) is 1. The van der Waals surface area contributed by atoms with E-state index in [1.807, 2.05) is 44.4 Å². The number of carbonyl (C=O) groups is 1. The highest BCUT2D eigenvalue weighted by Gasteiger charge is 2.53. The minimum atomic E-state index is -1.95. The summed E-state index contributed by atoms with van der Waals surface area (Å²) in [5, 5.41) is 74.4. The van der Waals surface area contributed by atoms with Gasteiger partial charge in [-0.25, -0.2) is 4.98 Å². The molecule has 18 nitrogen and oxygen atoms in total. The number of aromatic nitrogens is 1. The molecule has 18 atom stereocenters. The van der Waals surface area contributed by atoms with Crippen LogP contribution in [0.2, 0.25) is 0 Å². The highest BCUT2D eigenvalue weighted by molar-refractivity contribution is 7.09. The van der Waals surface area contributed by atoms with Gasteiger partial charge in [0.2, 0.25) is 0 Å². The summed E-state index contributed by atoms with van der Waals surface area (Å²) in [5.41, 5.74) is -4.37. The molecular weight excluding hydrogens is 899 g/mol. The topological polar surface area (TPSA) is 235 Å². The van der Waals surface area contributed by atoms with Crippen LogP contribution in [0, 0.1) is 23.7 Å². The van der Waals surface area contributed by atoms with E-state index >= 15 is 0 Å². The number of unbranched alkanes of at least 4 members (excludes halogenated alkanes) is 3. The minimum absolute atomic E-state index is 0.00519. The van der Waals surface area contributed by atoms with Crippen molar-refractivity contribution in [2.24, 2.45) is 28.8 Å². The summed E-state index contributed by atoms with van der Waals surface area (Å²) < 4.78 is 38.0. The molecule has 4 heterocycles. The zero-order chi connectivity index (χ0) is 50.6. The van der Waals surface area contributed by atoms with Crippen molar-refractivity contribution in [2.45, 2.75) is 211 Å². The van der Waals surface area contributed by atoms with Crippen molar-refractivity contribution in [3.05, 3.63) is 16.6 Å². The normalized spacial score (nSPS) is 40.8. The predicted molar refractivity (Wildman–Crippen MR) is 260 cm³/mol. The van der Waals surface area contributed by atoms with E-state index in [0.29, 0.717) is 18.7 Å². The first-order chi connectivity index (χ1) is 32.0. The van der Waals surface area contributed by atoms with Crippen LogP contribution in [0.4, 0.5) is 0 Å². The average Bonchev–Trinajstić information content (AvgIpc) is 3.81. The second kappa shape index (κ2) is 26.7. The third kappa shape index (κ3) is 15.5. The summed E-state index contributed by atoms with van der Waals surface area (Å²) in [6, 6.07) is -0.323. The van der Waals surface area contributed by atoms with Gasteiger partial charge in [0.05, 0.1) is 53.4 Å². The Kier molecular flexibility index (Phi) is 23.0. The van der Waals surface area contributed by atoms with Gasteiger partial charge in [-0.15, -0.1) is 11.3 Å². The lowest BCUT2D eigenvalue weighted by Crippen LogP contribution is -2.61. The maximum Gasteiger partial charge on any atom is 0.311 e. The first-order valence-electron chi connectivity index (χ1n) is 25.0. The van der Waals surface area contributed by atoms with Gasteiger partial charge in [0, 0.05) is 62.0 Å². The Labute approximate surface area is 410 Å². The minimum Gasteiger partial charge on any atom is -0.459 e. The second-order valence-corrected chi connectivity index (χ2v) is 21.7. The molecule has 394 valence electrons. The van der Waals surface area contributed by atoms with Gasteiger partial charge in [-0.3, -0.25) is 4.79 Å². The van der Waals surface area contributed by atoms with E-state index in [9.17, 15) is 30.3 Å². The van der Waals surface area contributed by atoms with Gasteiger partial charge in [-0.1, -0.05) is 45.7 Å². The maximum absolute atomic E-state index is 14.5. The van der Waals surface area contributed by atoms with E-state index in [-0.39, 0.29) is 38.0 Å². The Hall–Kier alpha value is -1.95. The van der Waals surface area contributed by atoms with E-state index in [0.717, 1.165) is 50.3 Å². The predicted octanol–water partition coefficient (Wildman–Crippen LogP) is 3.99. The number of esters is 1. The Morgan fingerprint density at radius 2 is 1.59 bits per heavy atom. The van der Waals surface area contributed by atoms with Crippen LogP contribution in [-0.4, -0.2) is 179 Å². The molecule has 68 heavy (non-hydrogen) atoms. The number of likely N-dealkylation sites (N-methyl/N-ethyl adjacent to an activating group) is 1. The molecule has 7 N–H and O–H groups in total. The molecule has 1 aromatic heterocycles. The molecule has 3 saturated heterocycles. The first-order valence-corrected chi connectivity index (χ1v) is 25.9. The van der Waals surface area contributed by atoms with Gasteiger partial charge in [0.1, 0.15) is 35.5 Å². The van der Waals surface area contributed by atoms with Crippen molar-refractivity contribution in [1.82, 2.24) is 20.5 Å². The number of aliphatic hydroxyl groups excluding tert-OH is 3. The summed E-state index contributed by atoms with van der Waals surface area (Å²) in [6.45, 7) is 20.6. The largest absolute Gasteiger partial charge is 0.459 e. The molecule has 0 aliphatic carbocycles. The Morgan fingerprint density at radius 1 is 0.912 bits per heavy atom. The van der Waals surface area contributed by atoms with Gasteiger partial charge >= 0.3 is 5.97 Å². The number of hydrogen-bond acceptors (Lipinski definition) is 19. The molecule has 0 bridgehead atoms. The molecule has 3 aliphatic heterocycles. The SMILES string of the molecule is CC[C@H]1OC(=O)[C@H](C)[C@@H](O[C@H]2C[C@@](C)(OC)[C@@H](O)[C@H](C)O2)[C@H](C)[C@@H](O[C@@H]2O[C@H](C)CC(N(C)C)[C@H]2O)C(C)(O)C[C@@H](C)C(=NOCCNCCCCCCNCc2nccs2)[C@H](C)[C@@H](O)[C@]1(C)O. The van der Waals surface area contributed by atoms with E-state index in [1.165, 1.54) is 14.0 Å². The number of aliphatic hydroxyl groups is 5. The lowest BCUT2D eigenvalue weighted by Gasteiger charge is -2.49. The molecule has 0 saturated carbocycles. The number of carbonyl (C=O) groups excluding carboxylic acids is 1. The summed E-state index contributed by atoms with van der Waals surface area (Å²) in [6.07, 6.45) is -3.18. The van der Waals surface area contributed by atoms with Crippen LogP contribution in [0.25, 0.3) is 0 Å². The van der Waals surface area contributed by atoms with Crippen LogP contribution in [0.5, 0.6) is 0 Å². The van der Waals surface area contributed by atoms with E-state index < -0.39 is 102 Å². The zero-order valence-electron chi connectivity index (χ0n) is 43.3. The Balaban J connectivity index is 1.62. The number of hydrogen-bond donors (Lipinski definition) is 7. The van der Waals surface area contributed by atoms with Crippen LogP contribution >= 0.6 is 11.3 Å². The van der Waals surface area contributed by atoms with E-state index in [1.54, 1.807) is 59.8 Å². The molecule has 3 aliphatic rings. The quantitative estimate of drug-likeness (QED) is 0.0556. The molecule has 0 spiro atoms. The van der Waals surface area contributed by atoms with Crippen molar-refractivity contribution in [2.75, 3.05) is 47.4 Å². The summed E-state index contributed by atoms with van der Waals surface area (Å²) in [7, 11) is 5.26. The number of oxime groups is 1. The fourth-order valence-electron chi connectivity index (χ4n) is 10.3. The lowest BCUT2D eigenvalue weighted by molar-refractivity contribution is -0.317. The fraction of sp³-hybridized carbons (Fsp3) is 0.898. The third-order valence-corrected chi connectivity index (χ3v) is 15.4. The van der Waals surface area contributed by atoms with Crippen molar-refractivity contribution < 1.29 is 63.6 Å². The number of thiazole rings is 1. The van der Waals surface area contributed by atoms with Gasteiger partial charge in [-0.2, -0.15) is 0 Å². The van der Waals surface area contributed by atoms with Crippen LogP contribution in [0.3, 0.4) is 0 Å². The van der Waals surface area contributed by atoms with Crippen LogP contribution in [0.1, 0.15) is 126 Å². The lowest BCUT2D eigenvalue weighted by atomic mass is 9.73. The molecule has 1 aromatic rings. The van der Waals surface area contributed by atoms with Crippen LogP contribution < -0.4 is 10.6 Å². The molecule has 0 aromatic carbocycles. The van der Waals surface area contributed by atoms with Crippen molar-refractivity contribution >= 4 is 23.0 Å². The number of nitrogens with zero attached hydrogens (tertiary/aromatic N) is 3. The number of rotatable bonds is 20. The monoisotopic (exact) mass is 988 g/mol. The van der Waals surface area contributed by atoms with Crippen LogP contribution in [0.15, 0.2) is 16.7 Å². The molecule has 3 fully saturated rings. The molecule has 2 unspecified atom stereocenters. The van der Waals surface area contributed by atoms with Gasteiger partial charge in [-0.05, 0) is 101 Å². The molecule has 0 radical (unpaired) electrons. The van der Waals surface area contributed by atoms with Gasteiger partial charge in [0.25, 0.3) is 0 Å². The van der Waals surface area contributed by atoms with Gasteiger partial charge < -0.3 is 74.3 Å². The summed E-state index contributed by atoms with van der Waals surface area (Å²) >= 11 is 1.65. The molecular formula is C49H89N5O13S. The van der Waals surface area contributed by atoms with E-state index in [4.69, 9.17) is 33.3 Å². The van der Waals surface area contributed by atoms with Crippen molar-refractivity contribution in [3.8, 4) is 0 Å². The van der Waals surface area contributed by atoms with Crippen LogP contribution in [-0.2, 0) is 44.6 Å². The Morgan fingerprint density at radius 3 is 2.21 bits per heavy atom. The highest BCUT2D eigenvalue weighted by atomic mass is 32.1. The standard InChI is InChI=1S/C49H89N5O13S/c1-14-36-49(10,60)42(56)31(4)39(53-62-23-21-50-19-17-15-16-18-20-51-28-37-52-22-24-68-37)29(2)26-47(8,59)44(67-46-40(55)35(54(11)12)25-30(3)63-46)32(5)41(33(6)45(58)65-36)66-38-27-48(9,61-13)43(57)34(7)64-38/h22,24,29-36,38,40-44,46,50-51,55-57,59-60H,14-21,23,25-28H2,1-13H3/t29-,30-,31+,32+,33-,34+,35?,36-,38+,40-,41+,42-,43+,44-,46+,47?,48-,49-/m1/s1.